The van der Waals surface area contributed by atoms with Crippen LogP contribution in [0.1, 0.15) is 32.8 Å². The number of anilines is 2. The summed E-state index contributed by atoms with van der Waals surface area (Å²) in [7, 11) is 1.64. The summed E-state index contributed by atoms with van der Waals surface area (Å²) >= 11 is 0. The van der Waals surface area contributed by atoms with Gasteiger partial charge < -0.3 is 19.5 Å². The first-order valence-corrected chi connectivity index (χ1v) is 10.3. The number of aromatic nitrogens is 2. The number of rotatable bonds is 9. The molecule has 0 aliphatic heterocycles. The van der Waals surface area contributed by atoms with E-state index in [2.05, 4.69) is 42.0 Å². The van der Waals surface area contributed by atoms with Crippen LogP contribution in [0.5, 0.6) is 11.5 Å². The van der Waals surface area contributed by atoms with Crippen LogP contribution in [0.4, 0.5) is 11.5 Å². The van der Waals surface area contributed by atoms with E-state index < -0.39 is 0 Å². The molecule has 6 nitrogen and oxygen atoms in total. The van der Waals surface area contributed by atoms with E-state index in [0.717, 1.165) is 28.6 Å². The van der Waals surface area contributed by atoms with Crippen molar-refractivity contribution in [2.24, 2.45) is 5.41 Å². The number of hydrogen-bond donors (Lipinski definition) is 1. The molecule has 0 spiro atoms. The molecule has 2 aromatic carbocycles. The summed E-state index contributed by atoms with van der Waals surface area (Å²) in [5.41, 5.74) is 2.57. The van der Waals surface area contributed by atoms with Gasteiger partial charge in [0.25, 0.3) is 0 Å². The third-order valence-corrected chi connectivity index (χ3v) is 4.65. The molecule has 1 heterocycles. The van der Waals surface area contributed by atoms with Gasteiger partial charge in [0.15, 0.2) is 11.5 Å². The Hall–Kier alpha value is -3.30. The quantitative estimate of drug-likeness (QED) is 0.380. The van der Waals surface area contributed by atoms with Gasteiger partial charge in [0.05, 0.1) is 18.7 Å². The average Bonchev–Trinajstić information content (AvgIpc) is 2.74. The molecule has 0 saturated carbocycles. The van der Waals surface area contributed by atoms with Gasteiger partial charge in [-0.25, -0.2) is 9.97 Å². The Balaban J connectivity index is 1.94. The Kier molecular flexibility index (Phi) is 7.32. The lowest BCUT2D eigenvalue weighted by Crippen LogP contribution is -2.12. The number of hydrogen-bond acceptors (Lipinski definition) is 6. The molecular formula is C25H29N3O3. The van der Waals surface area contributed by atoms with Crippen LogP contribution in [0.3, 0.4) is 0 Å². The second-order valence-corrected chi connectivity index (χ2v) is 8.39. The SMILES string of the molecule is C#Cc1cccc(Nc2ncnc3cc(OCCOC)c(OCCC(C)(C)C)cc23)c1. The number of benzene rings is 2. The van der Waals surface area contributed by atoms with Crippen LogP contribution in [-0.2, 0) is 4.74 Å². The van der Waals surface area contributed by atoms with E-state index in [0.29, 0.717) is 37.1 Å². The molecular weight excluding hydrogens is 390 g/mol. The molecule has 162 valence electrons. The minimum absolute atomic E-state index is 0.172. The topological polar surface area (TPSA) is 65.5 Å². The third-order valence-electron chi connectivity index (χ3n) is 4.65. The summed E-state index contributed by atoms with van der Waals surface area (Å²) in [6, 6.07) is 11.4. The van der Waals surface area contributed by atoms with Gasteiger partial charge in [-0.05, 0) is 36.1 Å². The number of nitrogens with zero attached hydrogens (tertiary/aromatic N) is 2. The zero-order valence-electron chi connectivity index (χ0n) is 18.6. The number of ether oxygens (including phenoxy) is 3. The summed E-state index contributed by atoms with van der Waals surface area (Å²) in [5, 5.41) is 4.17. The van der Waals surface area contributed by atoms with Crippen LogP contribution in [-0.4, -0.2) is 36.9 Å². The highest BCUT2D eigenvalue weighted by Gasteiger charge is 2.15. The van der Waals surface area contributed by atoms with Crippen molar-refractivity contribution in [3.63, 3.8) is 0 Å². The smallest absolute Gasteiger partial charge is 0.163 e. The van der Waals surface area contributed by atoms with Crippen LogP contribution in [0, 0.1) is 17.8 Å². The van der Waals surface area contributed by atoms with Gasteiger partial charge in [-0.15, -0.1) is 6.42 Å². The predicted molar refractivity (Wildman–Crippen MR) is 124 cm³/mol. The predicted octanol–water partition coefficient (Wildman–Crippen LogP) is 5.19. The lowest BCUT2D eigenvalue weighted by Gasteiger charge is -2.20. The molecule has 0 aliphatic carbocycles. The van der Waals surface area contributed by atoms with Crippen molar-refractivity contribution in [1.82, 2.24) is 9.97 Å². The van der Waals surface area contributed by atoms with E-state index in [9.17, 15) is 0 Å². The molecule has 0 amide bonds. The van der Waals surface area contributed by atoms with Crippen LogP contribution < -0.4 is 14.8 Å². The molecule has 0 saturated heterocycles. The average molecular weight is 420 g/mol. The first-order chi connectivity index (χ1) is 14.9. The summed E-state index contributed by atoms with van der Waals surface area (Å²) < 4.78 is 17.1. The van der Waals surface area contributed by atoms with E-state index >= 15 is 0 Å². The Morgan fingerprint density at radius 1 is 1.00 bits per heavy atom. The summed E-state index contributed by atoms with van der Waals surface area (Å²) in [5.74, 6) is 4.61. The Bertz CT molecular complexity index is 1070. The van der Waals surface area contributed by atoms with E-state index in [-0.39, 0.29) is 5.41 Å². The first-order valence-electron chi connectivity index (χ1n) is 10.3. The maximum Gasteiger partial charge on any atom is 0.163 e. The molecule has 0 unspecified atom stereocenters. The Labute approximate surface area is 184 Å². The zero-order chi connectivity index (χ0) is 22.3. The maximum absolute atomic E-state index is 6.12. The lowest BCUT2D eigenvalue weighted by molar-refractivity contribution is 0.142. The van der Waals surface area contributed by atoms with E-state index in [1.54, 1.807) is 7.11 Å². The minimum atomic E-state index is 0.172. The van der Waals surface area contributed by atoms with E-state index in [1.165, 1.54) is 6.33 Å². The third kappa shape index (κ3) is 6.34. The van der Waals surface area contributed by atoms with Crippen molar-refractivity contribution in [3.05, 3.63) is 48.3 Å². The van der Waals surface area contributed by atoms with Crippen molar-refractivity contribution >= 4 is 22.4 Å². The van der Waals surface area contributed by atoms with Gasteiger partial charge in [-0.1, -0.05) is 32.8 Å². The van der Waals surface area contributed by atoms with Crippen molar-refractivity contribution in [1.29, 1.82) is 0 Å². The number of methoxy groups -OCH3 is 1. The van der Waals surface area contributed by atoms with Gasteiger partial charge in [0, 0.05) is 29.8 Å². The highest BCUT2D eigenvalue weighted by molar-refractivity contribution is 5.93. The number of fused-ring (bicyclic) bond motifs is 1. The molecule has 0 aliphatic rings. The molecule has 3 rings (SSSR count). The molecule has 0 fully saturated rings. The second-order valence-electron chi connectivity index (χ2n) is 8.39. The molecule has 1 aromatic heterocycles. The molecule has 3 aromatic rings. The van der Waals surface area contributed by atoms with E-state index in [4.69, 9.17) is 20.6 Å². The summed E-state index contributed by atoms with van der Waals surface area (Å²) in [4.78, 5) is 8.85. The Morgan fingerprint density at radius 2 is 1.77 bits per heavy atom. The molecule has 0 bridgehead atoms. The molecule has 6 heteroatoms. The van der Waals surface area contributed by atoms with Crippen molar-refractivity contribution in [2.75, 3.05) is 32.2 Å². The highest BCUT2D eigenvalue weighted by atomic mass is 16.5. The Morgan fingerprint density at radius 3 is 2.52 bits per heavy atom. The first kappa shape index (κ1) is 22.4. The van der Waals surface area contributed by atoms with Crippen molar-refractivity contribution in [2.45, 2.75) is 27.2 Å². The van der Waals surface area contributed by atoms with Gasteiger partial charge in [-0.3, -0.25) is 0 Å². The fourth-order valence-electron chi connectivity index (χ4n) is 2.91. The van der Waals surface area contributed by atoms with E-state index in [1.807, 2.05) is 36.4 Å². The van der Waals surface area contributed by atoms with Crippen LogP contribution in [0.2, 0.25) is 0 Å². The molecule has 0 atom stereocenters. The van der Waals surface area contributed by atoms with Gasteiger partial charge >= 0.3 is 0 Å². The van der Waals surface area contributed by atoms with Crippen molar-refractivity contribution < 1.29 is 14.2 Å². The second kappa shape index (κ2) is 10.1. The fraction of sp³-hybridized carbons (Fsp3) is 0.360. The standard InChI is InChI=1S/C25H29N3O3/c1-6-18-8-7-9-19(14-18)28-24-20-15-22(30-11-10-25(2,3)4)23(31-13-12-29-5)16-21(20)26-17-27-24/h1,7-9,14-17H,10-13H2,2-5H3,(H,26,27,28). The summed E-state index contributed by atoms with van der Waals surface area (Å²) in [6.45, 7) is 8.05. The van der Waals surface area contributed by atoms with Gasteiger partial charge in [-0.2, -0.15) is 0 Å². The monoisotopic (exact) mass is 419 g/mol. The molecule has 0 radical (unpaired) electrons. The van der Waals surface area contributed by atoms with Gasteiger partial charge in [0.1, 0.15) is 18.8 Å². The summed E-state index contributed by atoms with van der Waals surface area (Å²) in [6.07, 6.45) is 7.96. The number of terminal acetylenes is 1. The maximum atomic E-state index is 6.12. The highest BCUT2D eigenvalue weighted by Crippen LogP contribution is 2.35. The van der Waals surface area contributed by atoms with Crippen LogP contribution in [0.15, 0.2) is 42.7 Å². The lowest BCUT2D eigenvalue weighted by atomic mass is 9.93. The zero-order valence-corrected chi connectivity index (χ0v) is 18.6. The largest absolute Gasteiger partial charge is 0.490 e. The minimum Gasteiger partial charge on any atom is -0.490 e. The van der Waals surface area contributed by atoms with Crippen molar-refractivity contribution in [3.8, 4) is 23.8 Å². The molecule has 31 heavy (non-hydrogen) atoms. The van der Waals surface area contributed by atoms with Crippen LogP contribution in [0.25, 0.3) is 10.9 Å². The number of nitrogens with one attached hydrogen (secondary N) is 1. The fourth-order valence-corrected chi connectivity index (χ4v) is 2.91. The van der Waals surface area contributed by atoms with Gasteiger partial charge in [0.2, 0.25) is 0 Å². The van der Waals surface area contributed by atoms with Crippen LogP contribution >= 0.6 is 0 Å². The molecule has 1 N–H and O–H groups in total. The normalized spacial score (nSPS) is 11.2.